The lowest BCUT2D eigenvalue weighted by Gasteiger charge is -2.29. The highest BCUT2D eigenvalue weighted by atomic mass is 15.1. The van der Waals surface area contributed by atoms with Crippen LogP contribution >= 0.6 is 0 Å². The molecule has 5 N–H and O–H groups in total. The molecule has 1 aromatic carbocycles. The summed E-state index contributed by atoms with van der Waals surface area (Å²) in [6, 6.07) is 6.07. The van der Waals surface area contributed by atoms with E-state index in [1.807, 2.05) is 18.2 Å². The Kier molecular flexibility index (Phi) is 3.21. The lowest BCUT2D eigenvalue weighted by atomic mass is 9.91. The number of fused-ring (bicyclic) bond motifs is 1. The highest BCUT2D eigenvalue weighted by Crippen LogP contribution is 2.21. The second-order valence-electron chi connectivity index (χ2n) is 5.20. The van der Waals surface area contributed by atoms with E-state index in [4.69, 9.17) is 11.5 Å². The molecule has 1 heterocycles. The number of nitrogens with one attached hydrogen (secondary N) is 1. The van der Waals surface area contributed by atoms with Crippen molar-refractivity contribution >= 4 is 22.5 Å². The average Bonchev–Trinajstić information content (AvgIpc) is 2.41. The van der Waals surface area contributed by atoms with Gasteiger partial charge in [0.05, 0.1) is 17.2 Å². The van der Waals surface area contributed by atoms with E-state index in [0.29, 0.717) is 11.7 Å². The normalized spacial score (nSPS) is 23.4. The number of nitrogens with zero attached hydrogens (tertiary/aromatic N) is 2. The Hall–Kier alpha value is -1.88. The van der Waals surface area contributed by atoms with Crippen molar-refractivity contribution in [1.82, 2.24) is 9.97 Å². The second-order valence-corrected chi connectivity index (χ2v) is 5.20. The first kappa shape index (κ1) is 12.2. The molecule has 100 valence electrons. The molecule has 1 saturated carbocycles. The number of rotatable bonds is 2. The standard InChI is InChI=1S/C14H19N5/c15-9-5-6-12-13(7-9)17-8-14(19-12)18-11-4-2-1-3-10(11)16/h5-8,10-11H,1-4,15-16H2,(H,18,19)/t10-,11+/m1/s1. The Morgan fingerprint density at radius 1 is 1.16 bits per heavy atom. The second kappa shape index (κ2) is 5.01. The number of aromatic nitrogens is 2. The molecule has 0 bridgehead atoms. The van der Waals surface area contributed by atoms with E-state index in [9.17, 15) is 0 Å². The summed E-state index contributed by atoms with van der Waals surface area (Å²) in [7, 11) is 0. The fraction of sp³-hybridized carbons (Fsp3) is 0.429. The molecular weight excluding hydrogens is 238 g/mol. The zero-order valence-electron chi connectivity index (χ0n) is 10.8. The first-order chi connectivity index (χ1) is 9.22. The average molecular weight is 257 g/mol. The van der Waals surface area contributed by atoms with Crippen LogP contribution < -0.4 is 16.8 Å². The maximum absolute atomic E-state index is 6.13. The first-order valence-corrected chi connectivity index (χ1v) is 6.77. The largest absolute Gasteiger partial charge is 0.399 e. The molecule has 0 unspecified atom stereocenters. The van der Waals surface area contributed by atoms with Gasteiger partial charge in [-0.15, -0.1) is 0 Å². The monoisotopic (exact) mass is 257 g/mol. The van der Waals surface area contributed by atoms with Crippen LogP contribution in [0.2, 0.25) is 0 Å². The van der Waals surface area contributed by atoms with Crippen LogP contribution in [-0.4, -0.2) is 22.1 Å². The van der Waals surface area contributed by atoms with Crippen LogP contribution in [0.25, 0.3) is 11.0 Å². The number of hydrogen-bond donors (Lipinski definition) is 3. The predicted octanol–water partition coefficient (Wildman–Crippen LogP) is 1.89. The van der Waals surface area contributed by atoms with Crippen LogP contribution in [0.3, 0.4) is 0 Å². The highest BCUT2D eigenvalue weighted by molar-refractivity contribution is 5.79. The van der Waals surface area contributed by atoms with Crippen molar-refractivity contribution in [2.45, 2.75) is 37.8 Å². The van der Waals surface area contributed by atoms with Crippen molar-refractivity contribution in [1.29, 1.82) is 0 Å². The summed E-state index contributed by atoms with van der Waals surface area (Å²) in [6.07, 6.45) is 6.38. The third-order valence-corrected chi connectivity index (χ3v) is 3.72. The summed E-state index contributed by atoms with van der Waals surface area (Å²) in [5, 5.41) is 3.41. The van der Waals surface area contributed by atoms with Crippen molar-refractivity contribution in [3.05, 3.63) is 24.4 Å². The minimum atomic E-state index is 0.206. The molecule has 1 aliphatic carbocycles. The summed E-state index contributed by atoms with van der Waals surface area (Å²) >= 11 is 0. The zero-order valence-corrected chi connectivity index (χ0v) is 10.8. The van der Waals surface area contributed by atoms with Gasteiger partial charge in [-0.25, -0.2) is 4.98 Å². The van der Waals surface area contributed by atoms with Gasteiger partial charge in [-0.1, -0.05) is 12.8 Å². The van der Waals surface area contributed by atoms with Crippen LogP contribution in [0, 0.1) is 0 Å². The molecule has 0 aliphatic heterocycles. The maximum Gasteiger partial charge on any atom is 0.145 e. The Morgan fingerprint density at radius 2 is 2.00 bits per heavy atom. The summed E-state index contributed by atoms with van der Waals surface area (Å²) in [6.45, 7) is 0. The highest BCUT2D eigenvalue weighted by Gasteiger charge is 2.21. The first-order valence-electron chi connectivity index (χ1n) is 6.77. The van der Waals surface area contributed by atoms with Crippen LogP contribution in [0.15, 0.2) is 24.4 Å². The molecule has 0 saturated heterocycles. The lowest BCUT2D eigenvalue weighted by molar-refractivity contribution is 0.403. The van der Waals surface area contributed by atoms with E-state index in [-0.39, 0.29) is 6.04 Å². The van der Waals surface area contributed by atoms with E-state index < -0.39 is 0 Å². The van der Waals surface area contributed by atoms with Crippen LogP contribution in [0.5, 0.6) is 0 Å². The fourth-order valence-corrected chi connectivity index (χ4v) is 2.63. The van der Waals surface area contributed by atoms with Crippen molar-refractivity contribution in [2.24, 2.45) is 5.73 Å². The quantitative estimate of drug-likeness (QED) is 0.715. The van der Waals surface area contributed by atoms with Gasteiger partial charge >= 0.3 is 0 Å². The van der Waals surface area contributed by atoms with Crippen LogP contribution in [0.1, 0.15) is 25.7 Å². The summed E-state index contributed by atoms with van der Waals surface area (Å²) < 4.78 is 0. The molecule has 1 aliphatic rings. The minimum absolute atomic E-state index is 0.206. The predicted molar refractivity (Wildman–Crippen MR) is 77.8 cm³/mol. The lowest BCUT2D eigenvalue weighted by Crippen LogP contribution is -2.42. The third-order valence-electron chi connectivity index (χ3n) is 3.72. The van der Waals surface area contributed by atoms with Gasteiger partial charge in [0.15, 0.2) is 0 Å². The van der Waals surface area contributed by atoms with Gasteiger partial charge in [-0.3, -0.25) is 4.98 Å². The Morgan fingerprint density at radius 3 is 2.84 bits per heavy atom. The molecule has 2 aromatic rings. The van der Waals surface area contributed by atoms with Crippen LogP contribution in [-0.2, 0) is 0 Å². The molecule has 5 heteroatoms. The molecule has 0 spiro atoms. The molecule has 5 nitrogen and oxygen atoms in total. The number of nitrogen functional groups attached to an aromatic ring is 1. The van der Waals surface area contributed by atoms with Crippen molar-refractivity contribution in [3.63, 3.8) is 0 Å². The number of anilines is 2. The van der Waals surface area contributed by atoms with E-state index >= 15 is 0 Å². The van der Waals surface area contributed by atoms with Gasteiger partial charge < -0.3 is 16.8 Å². The van der Waals surface area contributed by atoms with Crippen molar-refractivity contribution in [2.75, 3.05) is 11.1 Å². The van der Waals surface area contributed by atoms with E-state index in [1.54, 1.807) is 6.20 Å². The van der Waals surface area contributed by atoms with Gasteiger partial charge in [0.2, 0.25) is 0 Å². The van der Waals surface area contributed by atoms with E-state index in [2.05, 4.69) is 15.3 Å². The molecule has 1 aromatic heterocycles. The van der Waals surface area contributed by atoms with Crippen LogP contribution in [0.4, 0.5) is 11.5 Å². The smallest absolute Gasteiger partial charge is 0.145 e. The van der Waals surface area contributed by atoms with Crippen molar-refractivity contribution in [3.8, 4) is 0 Å². The van der Waals surface area contributed by atoms with E-state index in [1.165, 1.54) is 12.8 Å². The van der Waals surface area contributed by atoms with E-state index in [0.717, 1.165) is 29.7 Å². The summed E-state index contributed by atoms with van der Waals surface area (Å²) in [5.41, 5.74) is 14.2. The molecule has 1 fully saturated rings. The summed E-state index contributed by atoms with van der Waals surface area (Å²) in [4.78, 5) is 8.95. The van der Waals surface area contributed by atoms with Gasteiger partial charge in [0.1, 0.15) is 5.82 Å². The molecule has 0 radical (unpaired) electrons. The van der Waals surface area contributed by atoms with Crippen molar-refractivity contribution < 1.29 is 0 Å². The number of nitrogens with two attached hydrogens (primary N) is 2. The topological polar surface area (TPSA) is 89.8 Å². The summed E-state index contributed by atoms with van der Waals surface area (Å²) in [5.74, 6) is 0.791. The minimum Gasteiger partial charge on any atom is -0.399 e. The third kappa shape index (κ3) is 2.61. The Labute approximate surface area is 112 Å². The maximum atomic E-state index is 6.13. The molecular formula is C14H19N5. The molecule has 0 amide bonds. The Balaban J connectivity index is 1.83. The SMILES string of the molecule is Nc1ccc2nc(N[C@H]3CCCC[C@H]3N)cnc2c1. The van der Waals surface area contributed by atoms with Gasteiger partial charge in [-0.2, -0.15) is 0 Å². The van der Waals surface area contributed by atoms with Gasteiger partial charge in [0, 0.05) is 17.8 Å². The zero-order chi connectivity index (χ0) is 13.2. The molecule has 2 atom stereocenters. The fourth-order valence-electron chi connectivity index (χ4n) is 2.63. The van der Waals surface area contributed by atoms with Gasteiger partial charge in [0.25, 0.3) is 0 Å². The van der Waals surface area contributed by atoms with Gasteiger partial charge in [-0.05, 0) is 31.0 Å². The number of hydrogen-bond acceptors (Lipinski definition) is 5. The molecule has 3 rings (SSSR count). The number of benzene rings is 1. The Bertz CT molecular complexity index is 583. The molecule has 19 heavy (non-hydrogen) atoms.